The predicted octanol–water partition coefficient (Wildman–Crippen LogP) is 2.96. The Balaban J connectivity index is 1.59. The molecule has 0 spiro atoms. The van der Waals surface area contributed by atoms with E-state index in [0.29, 0.717) is 23.1 Å². The molecular formula is C20H24N6S. The van der Waals surface area contributed by atoms with Crippen molar-refractivity contribution in [3.8, 4) is 0 Å². The highest BCUT2D eigenvalue weighted by Crippen LogP contribution is 2.20. The first-order valence-corrected chi connectivity index (χ1v) is 9.78. The molecule has 7 heteroatoms. The lowest BCUT2D eigenvalue weighted by Gasteiger charge is -2.31. The van der Waals surface area contributed by atoms with E-state index in [9.17, 15) is 0 Å². The standard InChI is InChI=1S/C20H24N6S/c1-13-11-14(2)22-18(21-13)24-19(25-20(27)23-17-7-8-17)26-10-9-15-5-3-4-6-16(15)12-26/h3-6,11,17H,7-10,12H2,1-2H3,(H2,21,22,23,24,25,27). The van der Waals surface area contributed by atoms with Crippen LogP contribution in [0.2, 0.25) is 0 Å². The Kier molecular flexibility index (Phi) is 5.03. The fraction of sp³-hybridized carbons (Fsp3) is 0.400. The van der Waals surface area contributed by atoms with Crippen molar-refractivity contribution in [1.29, 1.82) is 0 Å². The van der Waals surface area contributed by atoms with E-state index in [2.05, 4.69) is 54.8 Å². The van der Waals surface area contributed by atoms with E-state index >= 15 is 0 Å². The summed E-state index contributed by atoms with van der Waals surface area (Å²) in [7, 11) is 0. The number of benzene rings is 1. The normalized spacial score (nSPS) is 16.7. The zero-order chi connectivity index (χ0) is 18.8. The van der Waals surface area contributed by atoms with Crippen LogP contribution in [-0.4, -0.2) is 38.5 Å². The van der Waals surface area contributed by atoms with Crippen LogP contribution in [0.4, 0.5) is 5.95 Å². The van der Waals surface area contributed by atoms with Crippen LogP contribution >= 0.6 is 12.2 Å². The zero-order valence-electron chi connectivity index (χ0n) is 15.7. The Bertz CT molecular complexity index is 870. The van der Waals surface area contributed by atoms with Gasteiger partial charge in [0.2, 0.25) is 11.9 Å². The van der Waals surface area contributed by atoms with Crippen molar-refractivity contribution >= 4 is 29.2 Å². The highest BCUT2D eigenvalue weighted by Gasteiger charge is 2.24. The van der Waals surface area contributed by atoms with Gasteiger partial charge in [-0.3, -0.25) is 5.32 Å². The highest BCUT2D eigenvalue weighted by atomic mass is 32.1. The molecule has 4 rings (SSSR count). The van der Waals surface area contributed by atoms with Crippen molar-refractivity contribution in [3.63, 3.8) is 0 Å². The van der Waals surface area contributed by atoms with Crippen molar-refractivity contribution in [2.45, 2.75) is 45.7 Å². The van der Waals surface area contributed by atoms with Crippen LogP contribution < -0.4 is 10.6 Å². The van der Waals surface area contributed by atoms with Crippen LogP contribution in [0.3, 0.4) is 0 Å². The second-order valence-corrected chi connectivity index (χ2v) is 7.59. The van der Waals surface area contributed by atoms with Crippen LogP contribution in [0.5, 0.6) is 0 Å². The lowest BCUT2D eigenvalue weighted by molar-refractivity contribution is 0.393. The monoisotopic (exact) mass is 380 g/mol. The number of aromatic nitrogens is 2. The summed E-state index contributed by atoms with van der Waals surface area (Å²) >= 11 is 5.46. The van der Waals surface area contributed by atoms with E-state index in [1.165, 1.54) is 11.1 Å². The largest absolute Gasteiger partial charge is 0.358 e. The molecule has 1 aliphatic carbocycles. The molecular weight excluding hydrogens is 356 g/mol. The number of aryl methyl sites for hydroxylation is 2. The minimum absolute atomic E-state index is 0.474. The Labute approximate surface area is 165 Å². The van der Waals surface area contributed by atoms with Crippen molar-refractivity contribution in [1.82, 2.24) is 20.2 Å². The van der Waals surface area contributed by atoms with Gasteiger partial charge in [-0.1, -0.05) is 24.3 Å². The van der Waals surface area contributed by atoms with Crippen LogP contribution in [0.15, 0.2) is 35.3 Å². The number of anilines is 1. The first kappa shape index (κ1) is 17.9. The molecule has 2 aliphatic rings. The zero-order valence-corrected chi connectivity index (χ0v) is 16.5. The molecule has 2 heterocycles. The molecule has 2 aromatic rings. The molecule has 1 aliphatic heterocycles. The fourth-order valence-corrected chi connectivity index (χ4v) is 3.52. The molecule has 0 saturated heterocycles. The van der Waals surface area contributed by atoms with E-state index in [1.807, 2.05) is 19.9 Å². The van der Waals surface area contributed by atoms with E-state index in [-0.39, 0.29) is 0 Å². The quantitative estimate of drug-likeness (QED) is 0.474. The SMILES string of the molecule is Cc1cc(C)nc(N/C(=N/C(=S)NC2CC2)N2CCc3ccccc3C2)n1. The summed E-state index contributed by atoms with van der Waals surface area (Å²) < 4.78 is 0. The number of nitrogens with zero attached hydrogens (tertiary/aromatic N) is 4. The Morgan fingerprint density at radius 2 is 1.85 bits per heavy atom. The molecule has 6 nitrogen and oxygen atoms in total. The Morgan fingerprint density at radius 3 is 2.56 bits per heavy atom. The smallest absolute Gasteiger partial charge is 0.229 e. The van der Waals surface area contributed by atoms with Gasteiger partial charge in [-0.2, -0.15) is 4.99 Å². The van der Waals surface area contributed by atoms with Crippen molar-refractivity contribution in [2.75, 3.05) is 11.9 Å². The lowest BCUT2D eigenvalue weighted by Crippen LogP contribution is -2.41. The molecule has 0 bridgehead atoms. The van der Waals surface area contributed by atoms with Gasteiger partial charge in [0.05, 0.1) is 0 Å². The first-order valence-electron chi connectivity index (χ1n) is 9.37. The van der Waals surface area contributed by atoms with Crippen molar-refractivity contribution in [2.24, 2.45) is 4.99 Å². The Hall–Kier alpha value is -2.54. The summed E-state index contributed by atoms with van der Waals surface area (Å²) in [6.07, 6.45) is 3.30. The summed E-state index contributed by atoms with van der Waals surface area (Å²) in [4.78, 5) is 15.9. The second-order valence-electron chi connectivity index (χ2n) is 7.20. The van der Waals surface area contributed by atoms with Gasteiger partial charge in [-0.05, 0) is 62.5 Å². The predicted molar refractivity (Wildman–Crippen MR) is 112 cm³/mol. The van der Waals surface area contributed by atoms with Gasteiger partial charge in [0.1, 0.15) is 0 Å². The van der Waals surface area contributed by atoms with Crippen LogP contribution in [0.1, 0.15) is 35.4 Å². The number of rotatable bonds is 2. The molecule has 1 aromatic carbocycles. The average molecular weight is 381 g/mol. The third-order valence-electron chi connectivity index (χ3n) is 4.75. The van der Waals surface area contributed by atoms with Gasteiger partial charge < -0.3 is 10.2 Å². The van der Waals surface area contributed by atoms with Crippen LogP contribution in [0, 0.1) is 13.8 Å². The molecule has 0 atom stereocenters. The summed E-state index contributed by atoms with van der Waals surface area (Å²) in [6, 6.07) is 11.0. The summed E-state index contributed by atoms with van der Waals surface area (Å²) in [6.45, 7) is 5.60. The molecule has 1 aromatic heterocycles. The van der Waals surface area contributed by atoms with Gasteiger partial charge in [0, 0.05) is 30.5 Å². The van der Waals surface area contributed by atoms with Crippen molar-refractivity contribution < 1.29 is 0 Å². The highest BCUT2D eigenvalue weighted by molar-refractivity contribution is 7.80. The van der Waals surface area contributed by atoms with Gasteiger partial charge in [0.25, 0.3) is 0 Å². The van der Waals surface area contributed by atoms with Crippen LogP contribution in [0.25, 0.3) is 0 Å². The average Bonchev–Trinajstić information content (AvgIpc) is 3.44. The molecule has 1 fully saturated rings. The minimum atomic E-state index is 0.474. The molecule has 140 valence electrons. The molecule has 27 heavy (non-hydrogen) atoms. The van der Waals surface area contributed by atoms with Crippen LogP contribution in [-0.2, 0) is 13.0 Å². The molecule has 0 unspecified atom stereocenters. The topological polar surface area (TPSA) is 65.4 Å². The minimum Gasteiger partial charge on any atom is -0.358 e. The van der Waals surface area contributed by atoms with E-state index in [0.717, 1.165) is 43.7 Å². The first-order chi connectivity index (χ1) is 13.1. The number of hydrogen-bond donors (Lipinski definition) is 2. The van der Waals surface area contributed by atoms with Gasteiger partial charge in [-0.15, -0.1) is 0 Å². The molecule has 1 saturated carbocycles. The number of fused-ring (bicyclic) bond motifs is 1. The summed E-state index contributed by atoms with van der Waals surface area (Å²) in [5.74, 6) is 1.26. The van der Waals surface area contributed by atoms with Gasteiger partial charge in [-0.25, -0.2) is 9.97 Å². The van der Waals surface area contributed by atoms with E-state index in [1.54, 1.807) is 0 Å². The maximum absolute atomic E-state index is 5.46. The third kappa shape index (κ3) is 4.60. The number of guanidine groups is 1. The summed E-state index contributed by atoms with van der Waals surface area (Å²) in [5, 5.41) is 7.12. The second kappa shape index (κ2) is 7.60. The number of thiocarbonyl (C=S) groups is 1. The Morgan fingerprint density at radius 1 is 1.15 bits per heavy atom. The maximum atomic E-state index is 5.46. The van der Waals surface area contributed by atoms with E-state index in [4.69, 9.17) is 12.2 Å². The molecule has 0 radical (unpaired) electrons. The van der Waals surface area contributed by atoms with Gasteiger partial charge in [0.15, 0.2) is 5.11 Å². The number of nitrogens with one attached hydrogen (secondary N) is 2. The van der Waals surface area contributed by atoms with E-state index < -0.39 is 0 Å². The van der Waals surface area contributed by atoms with Gasteiger partial charge >= 0.3 is 0 Å². The number of aliphatic imine (C=N–C) groups is 1. The number of hydrogen-bond acceptors (Lipinski definition) is 3. The maximum Gasteiger partial charge on any atom is 0.229 e. The molecule has 0 amide bonds. The summed E-state index contributed by atoms with van der Waals surface area (Å²) in [5.41, 5.74) is 4.56. The fourth-order valence-electron chi connectivity index (χ4n) is 3.27. The lowest BCUT2D eigenvalue weighted by atomic mass is 10.0. The third-order valence-corrected chi connectivity index (χ3v) is 4.96. The molecule has 2 N–H and O–H groups in total. The van der Waals surface area contributed by atoms with Crippen molar-refractivity contribution in [3.05, 3.63) is 52.8 Å².